The standard InChI is InChI=1S/C38H41N3O6/c1-25-6-8-26(9-7-25)20-34(42)38(15-16-38)35(43)21-27-10-12-28(13-11-27)46-31-14-17-39-30-23-33(32(45-5)22-29(30)31)47-36(44)41-19-18-40(4)24-37(41,2)3/h6-14,17,22-23H,15-16,18-21,24H2,1-5H3. The van der Waals surface area contributed by atoms with Gasteiger partial charge in [0.1, 0.15) is 11.5 Å². The van der Waals surface area contributed by atoms with Crippen molar-refractivity contribution in [1.29, 1.82) is 0 Å². The average Bonchev–Trinajstić information content (AvgIpc) is 3.85. The lowest BCUT2D eigenvalue weighted by Gasteiger charge is -2.45. The molecule has 1 saturated carbocycles. The van der Waals surface area contributed by atoms with E-state index in [0.717, 1.165) is 29.8 Å². The molecule has 4 aromatic rings. The Morgan fingerprint density at radius 3 is 2.06 bits per heavy atom. The maximum Gasteiger partial charge on any atom is 0.415 e. The van der Waals surface area contributed by atoms with E-state index in [4.69, 9.17) is 14.2 Å². The number of likely N-dealkylation sites (N-methyl/N-ethyl adjacent to an activating group) is 1. The fourth-order valence-electron chi connectivity index (χ4n) is 6.40. The third kappa shape index (κ3) is 6.86. The summed E-state index contributed by atoms with van der Waals surface area (Å²) in [6.07, 6.45) is 2.91. The van der Waals surface area contributed by atoms with Crippen LogP contribution in [0.3, 0.4) is 0 Å². The van der Waals surface area contributed by atoms with Crippen LogP contribution in [0.2, 0.25) is 0 Å². The number of nitrogens with zero attached hydrogens (tertiary/aromatic N) is 3. The predicted molar refractivity (Wildman–Crippen MR) is 179 cm³/mol. The van der Waals surface area contributed by atoms with E-state index in [0.29, 0.717) is 47.5 Å². The monoisotopic (exact) mass is 635 g/mol. The summed E-state index contributed by atoms with van der Waals surface area (Å²) in [6.45, 7) is 8.13. The molecule has 9 heteroatoms. The molecule has 244 valence electrons. The predicted octanol–water partition coefficient (Wildman–Crippen LogP) is 6.57. The van der Waals surface area contributed by atoms with Crippen molar-refractivity contribution in [1.82, 2.24) is 14.8 Å². The lowest BCUT2D eigenvalue weighted by atomic mass is 9.88. The first-order chi connectivity index (χ1) is 22.5. The van der Waals surface area contributed by atoms with Gasteiger partial charge >= 0.3 is 6.09 Å². The first kappa shape index (κ1) is 32.2. The van der Waals surface area contributed by atoms with Crippen LogP contribution < -0.4 is 14.2 Å². The number of hydrogen-bond acceptors (Lipinski definition) is 8. The van der Waals surface area contributed by atoms with Gasteiger partial charge in [0.2, 0.25) is 0 Å². The van der Waals surface area contributed by atoms with E-state index < -0.39 is 11.5 Å². The molecule has 2 aliphatic rings. The summed E-state index contributed by atoms with van der Waals surface area (Å²) >= 11 is 0. The van der Waals surface area contributed by atoms with E-state index >= 15 is 0 Å². The fraction of sp³-hybridized carbons (Fsp3) is 0.368. The van der Waals surface area contributed by atoms with Crippen LogP contribution in [0.1, 0.15) is 43.4 Å². The quantitative estimate of drug-likeness (QED) is 0.181. The molecule has 0 radical (unpaired) electrons. The van der Waals surface area contributed by atoms with Crippen molar-refractivity contribution in [3.8, 4) is 23.0 Å². The van der Waals surface area contributed by atoms with Gasteiger partial charge in [0.05, 0.1) is 23.6 Å². The van der Waals surface area contributed by atoms with Crippen molar-refractivity contribution < 1.29 is 28.6 Å². The molecule has 1 amide bonds. The highest BCUT2D eigenvalue weighted by Gasteiger charge is 2.54. The molecule has 1 aliphatic heterocycles. The molecule has 47 heavy (non-hydrogen) atoms. The molecule has 1 aliphatic carbocycles. The molecule has 0 N–H and O–H groups in total. The van der Waals surface area contributed by atoms with Crippen LogP contribution in [0.15, 0.2) is 72.9 Å². The van der Waals surface area contributed by atoms with Crippen LogP contribution in [-0.2, 0) is 22.4 Å². The van der Waals surface area contributed by atoms with Gasteiger partial charge in [-0.05, 0) is 76.1 Å². The Labute approximate surface area is 275 Å². The topological polar surface area (TPSA) is 98.3 Å². The van der Waals surface area contributed by atoms with Crippen LogP contribution in [0.4, 0.5) is 4.79 Å². The van der Waals surface area contributed by atoms with E-state index in [1.807, 2.05) is 76.3 Å². The van der Waals surface area contributed by atoms with Gasteiger partial charge in [-0.1, -0.05) is 42.0 Å². The number of piperazine rings is 1. The number of carbonyl (C=O) groups excluding carboxylic acids is 3. The van der Waals surface area contributed by atoms with Crippen LogP contribution in [0, 0.1) is 12.3 Å². The Hall–Kier alpha value is -4.76. The number of aryl methyl sites for hydroxylation is 1. The van der Waals surface area contributed by atoms with Crippen LogP contribution in [0.25, 0.3) is 10.9 Å². The van der Waals surface area contributed by atoms with E-state index in [9.17, 15) is 14.4 Å². The van der Waals surface area contributed by atoms with Gasteiger partial charge in [-0.3, -0.25) is 14.6 Å². The number of hydrogen-bond donors (Lipinski definition) is 0. The van der Waals surface area contributed by atoms with Crippen LogP contribution in [-0.4, -0.2) is 71.8 Å². The minimum Gasteiger partial charge on any atom is -0.493 e. The number of rotatable bonds is 10. The van der Waals surface area contributed by atoms with E-state index in [-0.39, 0.29) is 35.7 Å². The largest absolute Gasteiger partial charge is 0.493 e. The minimum atomic E-state index is -0.858. The van der Waals surface area contributed by atoms with Gasteiger partial charge in [0, 0.05) is 50.1 Å². The number of ether oxygens (including phenoxy) is 3. The summed E-state index contributed by atoms with van der Waals surface area (Å²) in [5.41, 5.74) is 2.25. The highest BCUT2D eigenvalue weighted by Crippen LogP contribution is 2.49. The van der Waals surface area contributed by atoms with Gasteiger partial charge in [-0.25, -0.2) is 4.79 Å². The first-order valence-corrected chi connectivity index (χ1v) is 16.0. The van der Waals surface area contributed by atoms with Crippen LogP contribution in [0.5, 0.6) is 23.0 Å². The number of Topliss-reactive ketones (excluding diaryl/α,β-unsaturated/α-hetero) is 2. The minimum absolute atomic E-state index is 0.00684. The zero-order valence-corrected chi connectivity index (χ0v) is 27.7. The van der Waals surface area contributed by atoms with Crippen molar-refractivity contribution in [2.45, 2.75) is 52.0 Å². The highest BCUT2D eigenvalue weighted by molar-refractivity contribution is 6.11. The molecular formula is C38H41N3O6. The molecule has 0 bridgehead atoms. The Morgan fingerprint density at radius 2 is 1.47 bits per heavy atom. The Morgan fingerprint density at radius 1 is 0.830 bits per heavy atom. The third-order valence-corrected chi connectivity index (χ3v) is 9.32. The number of ketones is 2. The number of amides is 1. The maximum absolute atomic E-state index is 13.3. The third-order valence-electron chi connectivity index (χ3n) is 9.32. The van der Waals surface area contributed by atoms with Gasteiger partial charge < -0.3 is 24.0 Å². The number of methoxy groups -OCH3 is 1. The number of aromatic nitrogens is 1. The molecule has 3 aromatic carbocycles. The molecule has 9 nitrogen and oxygen atoms in total. The molecule has 1 saturated heterocycles. The van der Waals surface area contributed by atoms with Crippen molar-refractivity contribution in [3.63, 3.8) is 0 Å². The maximum atomic E-state index is 13.3. The van der Waals surface area contributed by atoms with Crippen molar-refractivity contribution in [2.24, 2.45) is 5.41 Å². The molecule has 0 atom stereocenters. The van der Waals surface area contributed by atoms with E-state index in [1.165, 1.54) is 7.11 Å². The van der Waals surface area contributed by atoms with E-state index in [1.54, 1.807) is 29.3 Å². The second-order valence-electron chi connectivity index (χ2n) is 13.4. The summed E-state index contributed by atoms with van der Waals surface area (Å²) < 4.78 is 17.7. The molecule has 2 fully saturated rings. The average molecular weight is 636 g/mol. The summed E-state index contributed by atoms with van der Waals surface area (Å²) in [5, 5.41) is 0.686. The second kappa shape index (κ2) is 12.8. The summed E-state index contributed by atoms with van der Waals surface area (Å²) in [6, 6.07) is 20.4. The fourth-order valence-corrected chi connectivity index (χ4v) is 6.40. The Balaban J connectivity index is 1.13. The SMILES string of the molecule is COc1cc2c(Oc3ccc(CC(=O)C4(C(=O)Cc5ccc(C)cc5)CC4)cc3)ccnc2cc1OC(=O)N1CCN(C)CC1(C)C. The van der Waals surface area contributed by atoms with Gasteiger partial charge in [-0.15, -0.1) is 0 Å². The highest BCUT2D eigenvalue weighted by atomic mass is 16.6. The number of fused-ring (bicyclic) bond motifs is 1. The van der Waals surface area contributed by atoms with Crippen molar-refractivity contribution in [2.75, 3.05) is 33.8 Å². The zero-order valence-electron chi connectivity index (χ0n) is 27.7. The lowest BCUT2D eigenvalue weighted by Crippen LogP contribution is -2.60. The lowest BCUT2D eigenvalue weighted by molar-refractivity contribution is -0.133. The molecular weight excluding hydrogens is 594 g/mol. The summed E-state index contributed by atoms with van der Waals surface area (Å²) in [7, 11) is 3.57. The van der Waals surface area contributed by atoms with Gasteiger partial charge in [-0.2, -0.15) is 0 Å². The van der Waals surface area contributed by atoms with Gasteiger partial charge in [0.25, 0.3) is 0 Å². The van der Waals surface area contributed by atoms with Crippen molar-refractivity contribution in [3.05, 3.63) is 89.6 Å². The Kier molecular flexibility index (Phi) is 8.76. The number of benzene rings is 3. The normalized spacial score (nSPS) is 16.8. The molecule has 0 unspecified atom stereocenters. The summed E-state index contributed by atoms with van der Waals surface area (Å²) in [4.78, 5) is 48.1. The Bertz CT molecular complexity index is 1810. The van der Waals surface area contributed by atoms with Crippen molar-refractivity contribution >= 4 is 28.6 Å². The van der Waals surface area contributed by atoms with Crippen LogP contribution >= 0.6 is 0 Å². The molecule has 6 rings (SSSR count). The molecule has 1 aromatic heterocycles. The number of carbonyl (C=O) groups is 3. The zero-order chi connectivity index (χ0) is 33.3. The molecule has 2 heterocycles. The second-order valence-corrected chi connectivity index (χ2v) is 13.4. The molecule has 0 spiro atoms. The smallest absolute Gasteiger partial charge is 0.415 e. The number of pyridine rings is 1. The first-order valence-electron chi connectivity index (χ1n) is 16.0. The van der Waals surface area contributed by atoms with Gasteiger partial charge in [0.15, 0.2) is 23.1 Å². The van der Waals surface area contributed by atoms with E-state index in [2.05, 4.69) is 9.88 Å². The summed E-state index contributed by atoms with van der Waals surface area (Å²) in [5.74, 6) is 1.78.